The highest BCUT2D eigenvalue weighted by Gasteiger charge is 2.31. The van der Waals surface area contributed by atoms with E-state index in [0.717, 1.165) is 16.7 Å². The number of fused-ring (bicyclic) bond motifs is 1. The molecule has 0 fully saturated rings. The molecule has 2 amide bonds. The summed E-state index contributed by atoms with van der Waals surface area (Å²) in [5, 5.41) is 3.01. The zero-order chi connectivity index (χ0) is 23.4. The molecule has 1 aliphatic heterocycles. The summed E-state index contributed by atoms with van der Waals surface area (Å²) in [6.07, 6.45) is -0.262. The van der Waals surface area contributed by atoms with Gasteiger partial charge in [-0.25, -0.2) is 0 Å². The Balaban J connectivity index is 1.56. The van der Waals surface area contributed by atoms with E-state index in [1.54, 1.807) is 30.0 Å². The van der Waals surface area contributed by atoms with E-state index in [2.05, 4.69) is 11.9 Å². The molecule has 1 N–H and O–H groups in total. The second kappa shape index (κ2) is 9.74. The van der Waals surface area contributed by atoms with Gasteiger partial charge >= 0.3 is 0 Å². The number of nitrogens with one attached hydrogen (secondary N) is 1. The van der Waals surface area contributed by atoms with Gasteiger partial charge in [0, 0.05) is 24.6 Å². The van der Waals surface area contributed by atoms with E-state index < -0.39 is 6.10 Å². The summed E-state index contributed by atoms with van der Waals surface area (Å²) in [5.74, 6) is 0.334. The third-order valence-electron chi connectivity index (χ3n) is 5.67. The normalized spacial score (nSPS) is 15.1. The summed E-state index contributed by atoms with van der Waals surface area (Å²) in [7, 11) is 0. The monoisotopic (exact) mass is 440 g/mol. The van der Waals surface area contributed by atoms with E-state index in [1.165, 1.54) is 0 Å². The Hall–Kier alpha value is -3.86. The lowest BCUT2D eigenvalue weighted by molar-refractivity contribution is -0.125. The van der Waals surface area contributed by atoms with Gasteiger partial charge in [0.05, 0.1) is 5.69 Å². The molecule has 1 atom stereocenters. The van der Waals surface area contributed by atoms with E-state index in [9.17, 15) is 9.59 Å². The van der Waals surface area contributed by atoms with E-state index in [4.69, 9.17) is 4.74 Å². The van der Waals surface area contributed by atoms with Crippen LogP contribution in [0, 0.1) is 0 Å². The number of anilines is 2. The molecular formula is C28H28N2O3. The number of rotatable bonds is 7. The fraction of sp³-hybridized carbons (Fsp3) is 0.214. The molecule has 1 aliphatic rings. The fourth-order valence-corrected chi connectivity index (χ4v) is 4.11. The molecule has 5 nitrogen and oxygen atoms in total. The Morgan fingerprint density at radius 2 is 1.64 bits per heavy atom. The van der Waals surface area contributed by atoms with Crippen molar-refractivity contribution in [3.63, 3.8) is 0 Å². The van der Waals surface area contributed by atoms with Gasteiger partial charge in [-0.3, -0.25) is 9.59 Å². The van der Waals surface area contributed by atoms with Crippen molar-refractivity contribution in [1.82, 2.24) is 0 Å². The average Bonchev–Trinajstić information content (AvgIpc) is 2.82. The number of carbonyl (C=O) groups is 2. The van der Waals surface area contributed by atoms with E-state index in [-0.39, 0.29) is 17.7 Å². The first-order valence-corrected chi connectivity index (χ1v) is 11.1. The number of amides is 2. The van der Waals surface area contributed by atoms with Crippen molar-refractivity contribution in [3.8, 4) is 5.75 Å². The second-order valence-electron chi connectivity index (χ2n) is 8.45. The third-order valence-corrected chi connectivity index (χ3v) is 5.67. The molecule has 0 saturated heterocycles. The molecule has 1 heterocycles. The highest BCUT2D eigenvalue weighted by molar-refractivity contribution is 6.01. The predicted molar refractivity (Wildman–Crippen MR) is 132 cm³/mol. The van der Waals surface area contributed by atoms with E-state index >= 15 is 0 Å². The molecule has 0 aliphatic carbocycles. The summed E-state index contributed by atoms with van der Waals surface area (Å²) >= 11 is 0. The molecule has 3 aromatic rings. The Morgan fingerprint density at radius 3 is 2.21 bits per heavy atom. The molecule has 33 heavy (non-hydrogen) atoms. The smallest absolute Gasteiger partial charge is 0.268 e. The summed E-state index contributed by atoms with van der Waals surface area (Å²) in [6, 6.07) is 25.5. The molecule has 0 radical (unpaired) electrons. The average molecular weight is 441 g/mol. The fourth-order valence-electron chi connectivity index (χ4n) is 4.11. The van der Waals surface area contributed by atoms with Crippen molar-refractivity contribution in [2.45, 2.75) is 32.3 Å². The Kier molecular flexibility index (Phi) is 6.59. The summed E-state index contributed by atoms with van der Waals surface area (Å²) in [4.78, 5) is 27.4. The van der Waals surface area contributed by atoms with E-state index in [0.29, 0.717) is 30.1 Å². The quantitative estimate of drug-likeness (QED) is 0.491. The summed E-state index contributed by atoms with van der Waals surface area (Å²) in [5.41, 5.74) is 4.30. The molecule has 5 heteroatoms. The standard InChI is InChI=1S/C28H28N2O3/c1-19(2)18-30-25-16-23(14-15-26(25)33-20(3)28(30)32)29-27(31)17-24(21-10-6-4-7-11-21)22-12-8-5-9-13-22/h4-16,20,24H,1,17-18H2,2-3H3,(H,29,31). The van der Waals surface area contributed by atoms with Gasteiger partial charge in [-0.1, -0.05) is 72.8 Å². The molecule has 0 saturated carbocycles. The maximum atomic E-state index is 13.1. The molecule has 0 aromatic heterocycles. The zero-order valence-electron chi connectivity index (χ0n) is 19.0. The van der Waals surface area contributed by atoms with Crippen molar-refractivity contribution in [1.29, 1.82) is 0 Å². The lowest BCUT2D eigenvalue weighted by atomic mass is 9.88. The summed E-state index contributed by atoms with van der Waals surface area (Å²) < 4.78 is 5.76. The molecule has 0 bridgehead atoms. The molecule has 3 aromatic carbocycles. The molecule has 168 valence electrons. The van der Waals surface area contributed by atoms with Crippen molar-refractivity contribution in [3.05, 3.63) is 102 Å². The van der Waals surface area contributed by atoms with Crippen LogP contribution in [0.2, 0.25) is 0 Å². The minimum Gasteiger partial charge on any atom is -0.479 e. The van der Waals surface area contributed by atoms with Crippen LogP contribution < -0.4 is 15.0 Å². The van der Waals surface area contributed by atoms with Crippen molar-refractivity contribution < 1.29 is 14.3 Å². The SMILES string of the molecule is C=C(C)CN1C(=O)C(C)Oc2ccc(NC(=O)CC(c3ccccc3)c3ccccc3)cc21. The highest BCUT2D eigenvalue weighted by atomic mass is 16.5. The Labute approximate surface area is 194 Å². The lowest BCUT2D eigenvalue weighted by Crippen LogP contribution is -2.45. The first kappa shape index (κ1) is 22.3. The van der Waals surface area contributed by atoms with E-state index in [1.807, 2.05) is 67.6 Å². The number of hydrogen-bond donors (Lipinski definition) is 1. The number of benzene rings is 3. The van der Waals surface area contributed by atoms with Crippen LogP contribution in [0.15, 0.2) is 91.0 Å². The van der Waals surface area contributed by atoms with Gasteiger partial charge < -0.3 is 15.0 Å². The van der Waals surface area contributed by atoms with Crippen LogP contribution in [-0.4, -0.2) is 24.5 Å². The highest BCUT2D eigenvalue weighted by Crippen LogP contribution is 2.37. The van der Waals surface area contributed by atoms with Crippen molar-refractivity contribution in [2.75, 3.05) is 16.8 Å². The molecular weight excluding hydrogens is 412 g/mol. The van der Waals surface area contributed by atoms with Crippen LogP contribution in [0.4, 0.5) is 11.4 Å². The molecule has 0 spiro atoms. The largest absolute Gasteiger partial charge is 0.479 e. The van der Waals surface area contributed by atoms with Crippen LogP contribution in [0.1, 0.15) is 37.3 Å². The maximum Gasteiger partial charge on any atom is 0.268 e. The van der Waals surface area contributed by atoms with Crippen molar-refractivity contribution >= 4 is 23.2 Å². The van der Waals surface area contributed by atoms with Gasteiger partial charge in [0.15, 0.2) is 6.10 Å². The topological polar surface area (TPSA) is 58.6 Å². The maximum absolute atomic E-state index is 13.1. The van der Waals surface area contributed by atoms with Crippen LogP contribution in [0.5, 0.6) is 5.75 Å². The first-order chi connectivity index (χ1) is 15.9. The number of carbonyl (C=O) groups excluding carboxylic acids is 2. The zero-order valence-corrected chi connectivity index (χ0v) is 19.0. The van der Waals surface area contributed by atoms with Crippen molar-refractivity contribution in [2.24, 2.45) is 0 Å². The first-order valence-electron chi connectivity index (χ1n) is 11.1. The van der Waals surface area contributed by atoms with Gasteiger partial charge in [0.25, 0.3) is 5.91 Å². The molecule has 1 unspecified atom stereocenters. The minimum atomic E-state index is -0.560. The van der Waals surface area contributed by atoms with Gasteiger partial charge in [-0.05, 0) is 43.2 Å². The Morgan fingerprint density at radius 1 is 1.03 bits per heavy atom. The van der Waals surface area contributed by atoms with Gasteiger partial charge in [-0.2, -0.15) is 0 Å². The van der Waals surface area contributed by atoms with Gasteiger partial charge in [0.1, 0.15) is 5.75 Å². The number of ether oxygens (including phenoxy) is 1. The van der Waals surface area contributed by atoms with Gasteiger partial charge in [-0.15, -0.1) is 0 Å². The third kappa shape index (κ3) is 5.14. The number of hydrogen-bond acceptors (Lipinski definition) is 3. The van der Waals surface area contributed by atoms with Crippen LogP contribution in [-0.2, 0) is 9.59 Å². The summed E-state index contributed by atoms with van der Waals surface area (Å²) in [6.45, 7) is 7.96. The minimum absolute atomic E-state index is 0.0595. The molecule has 4 rings (SSSR count). The second-order valence-corrected chi connectivity index (χ2v) is 8.45. The van der Waals surface area contributed by atoms with Crippen LogP contribution >= 0.6 is 0 Å². The van der Waals surface area contributed by atoms with Gasteiger partial charge in [0.2, 0.25) is 5.91 Å². The lowest BCUT2D eigenvalue weighted by Gasteiger charge is -2.33. The number of nitrogens with zero attached hydrogens (tertiary/aromatic N) is 1. The predicted octanol–water partition coefficient (Wildman–Crippen LogP) is 5.54. The Bertz CT molecular complexity index is 1120. The van der Waals surface area contributed by atoms with Crippen LogP contribution in [0.3, 0.4) is 0 Å². The van der Waals surface area contributed by atoms with Crippen LogP contribution in [0.25, 0.3) is 0 Å².